The summed E-state index contributed by atoms with van der Waals surface area (Å²) in [6, 6.07) is -11.2. The molecule has 0 fully saturated rings. The van der Waals surface area contributed by atoms with E-state index >= 15 is 0 Å². The molecule has 0 unspecified atom stereocenters. The number of carboxylic acids is 1. The first-order valence-corrected chi connectivity index (χ1v) is 49.1. The molecule has 0 radical (unpaired) electrons. The van der Waals surface area contributed by atoms with Gasteiger partial charge in [-0.3, -0.25) is 112 Å². The summed E-state index contributed by atoms with van der Waals surface area (Å²) in [7, 11) is 0. The lowest BCUT2D eigenvalue weighted by Crippen LogP contribution is -2.62. The van der Waals surface area contributed by atoms with Crippen molar-refractivity contribution in [3.05, 3.63) is 65.7 Å². The summed E-state index contributed by atoms with van der Waals surface area (Å²) in [4.78, 5) is 290. The molecular formula is C94H158N26O25. The SMILES string of the molecule is CC[C@H](C)[C@H](NC(=O)CNC(=O)[C@@H](NC(=O)[C@H](Cc1ccccc1)NC(=O)[C@H](CCCCN)NC(=O)[C@H](CO)NC(=O)[C@H](CC(N)=O)NC(=O)[C@H](C)NC(=O)[C@H](CCCCN)NC(=O)[C@@H](NC(=O)[C@H](Cc1ccc(O)cc1)NC(=O)[C@H](CCC(N)=O)NC(=O)CNN)[C@@H](C)CC)[C@@H](C)CC)C(=O)N[C@H](C(=O)N[C@@H](CCC(=O)O)C(=O)N[C@@H](CC(C)C)C(=O)N[C@@H](CCCCN)C(=O)N[C@@H](CCCCN)C(N)=O)[C@@H](C)O. The molecule has 0 spiro atoms. The molecule has 0 aromatic heterocycles. The highest BCUT2D eigenvalue weighted by atomic mass is 16.4. The quantitative estimate of drug-likeness (QED) is 0.0166. The lowest BCUT2D eigenvalue weighted by atomic mass is 9.96. The van der Waals surface area contributed by atoms with Crippen molar-refractivity contribution in [2.45, 2.75) is 320 Å². The molecule has 814 valence electrons. The summed E-state index contributed by atoms with van der Waals surface area (Å²) in [5, 5.41) is 84.1. The van der Waals surface area contributed by atoms with Crippen LogP contribution in [0.4, 0.5) is 0 Å². The van der Waals surface area contributed by atoms with Gasteiger partial charge in [-0.15, -0.1) is 0 Å². The fraction of sp³-hybridized carbons (Fsp3) is 0.649. The third kappa shape index (κ3) is 48.8. The number of phenols is 1. The molecule has 20 atom stereocenters. The van der Waals surface area contributed by atoms with Crippen LogP contribution in [0.2, 0.25) is 0 Å². The number of hydrogen-bond donors (Lipinski definition) is 30. The maximum atomic E-state index is 14.8. The topological polar surface area (TPSA) is 864 Å². The van der Waals surface area contributed by atoms with E-state index in [4.69, 9.17) is 46.0 Å². The Morgan fingerprint density at radius 1 is 0.331 bits per heavy atom. The van der Waals surface area contributed by atoms with E-state index in [1.165, 1.54) is 31.2 Å². The Bertz CT molecular complexity index is 4540. The highest BCUT2D eigenvalue weighted by Gasteiger charge is 2.42. The van der Waals surface area contributed by atoms with Gasteiger partial charge in [0.1, 0.15) is 102 Å². The second-order valence-corrected chi connectivity index (χ2v) is 36.5. The third-order valence-electron chi connectivity index (χ3n) is 24.0. The zero-order valence-corrected chi connectivity index (χ0v) is 84.5. The normalized spacial score (nSPS) is 15.3. The fourth-order valence-electron chi connectivity index (χ4n) is 14.8. The van der Waals surface area contributed by atoms with Crippen molar-refractivity contribution in [3.8, 4) is 5.75 Å². The number of amides is 20. The number of aliphatic hydroxyl groups excluding tert-OH is 2. The van der Waals surface area contributed by atoms with E-state index in [0.717, 1.165) is 6.92 Å². The number of hydrazine groups is 1. The largest absolute Gasteiger partial charge is 0.508 e. The molecule has 38 N–H and O–H groups in total. The number of phenolic OH excluding ortho intramolecular Hbond substituents is 1. The number of hydrogen-bond acceptors (Lipinski definition) is 30. The highest BCUT2D eigenvalue weighted by molar-refractivity contribution is 6.02. The number of rotatable bonds is 74. The van der Waals surface area contributed by atoms with Crippen molar-refractivity contribution in [1.82, 2.24) is 95.8 Å². The van der Waals surface area contributed by atoms with E-state index in [9.17, 15) is 121 Å². The van der Waals surface area contributed by atoms with Crippen LogP contribution in [0.3, 0.4) is 0 Å². The number of nitrogens with one attached hydrogen (secondary N) is 18. The van der Waals surface area contributed by atoms with Gasteiger partial charge in [0.25, 0.3) is 0 Å². The van der Waals surface area contributed by atoms with Gasteiger partial charge in [-0.2, -0.15) is 0 Å². The van der Waals surface area contributed by atoms with E-state index < -0.39 is 284 Å². The molecule has 0 heterocycles. The molecule has 2 rings (SSSR count). The number of carbonyl (C=O) groups is 21. The molecule has 2 aromatic carbocycles. The summed E-state index contributed by atoms with van der Waals surface area (Å²) in [6.07, 6.45) is -1.95. The van der Waals surface area contributed by atoms with Gasteiger partial charge in [0.2, 0.25) is 118 Å². The van der Waals surface area contributed by atoms with E-state index in [0.29, 0.717) is 49.8 Å². The molecule has 0 saturated heterocycles. The summed E-state index contributed by atoms with van der Waals surface area (Å²) in [5.74, 6) is -18.5. The predicted molar refractivity (Wildman–Crippen MR) is 530 cm³/mol. The summed E-state index contributed by atoms with van der Waals surface area (Å²) >= 11 is 0. The number of nitrogens with two attached hydrogens (primary N) is 8. The van der Waals surface area contributed by atoms with Crippen molar-refractivity contribution < 1.29 is 121 Å². The minimum atomic E-state index is -1.97. The van der Waals surface area contributed by atoms with Crippen LogP contribution < -0.4 is 142 Å². The molecule has 51 nitrogen and oxygen atoms in total. The summed E-state index contributed by atoms with van der Waals surface area (Å²) < 4.78 is 0. The third-order valence-corrected chi connectivity index (χ3v) is 24.0. The van der Waals surface area contributed by atoms with E-state index in [2.05, 4.69) is 95.8 Å². The van der Waals surface area contributed by atoms with Crippen LogP contribution in [0.1, 0.15) is 215 Å². The number of aliphatic carboxylic acids is 1. The van der Waals surface area contributed by atoms with Crippen molar-refractivity contribution >= 4 is 124 Å². The van der Waals surface area contributed by atoms with Crippen LogP contribution in [0.25, 0.3) is 0 Å². The Kier molecular flexibility index (Phi) is 60.8. The van der Waals surface area contributed by atoms with Crippen LogP contribution in [0.5, 0.6) is 5.75 Å². The first kappa shape index (κ1) is 128. The number of aliphatic hydroxyl groups is 2. The Morgan fingerprint density at radius 3 is 1.09 bits per heavy atom. The standard InChI is InChI=1S/C94H158N26O25/c1-11-51(6)75(91(142)103-47-72(126)117-76(52(7)12-2)93(144)120-78(55(10)122)94(145)111-64(36-38-74(128)129)85(136)113-65(43-50(4)5)86(137)108-61(29-19-23-41-97)82(133)107-59(79(101)130)27-17-21-39-95)118-88(139)66(44-56-25-15-14-16-26-56)114-83(134)62(30-20-24-42-98)109-90(141)69(49-121)116-87(138)68(46-71(100)125)112-80(131)54(9)105-81(132)60(28-18-22-40-96)110-92(143)77(53(8)13-3)119-89(140)67(45-57-31-33-58(123)34-32-57)115-84(135)63(35-37-70(99)124)106-73(127)48-104-102/h14-16,25-26,31-34,50-55,59-69,75-78,104,121-123H,11-13,17-24,27-30,35-49,95-98,102H2,1-10H3,(H2,99,124)(H2,100,125)(H2,101,130)(H,103,142)(H,105,132)(H,106,127)(H,107,133)(H,108,137)(H,109,141)(H,110,143)(H,111,145)(H,112,131)(H,113,136)(H,114,134)(H,115,135)(H,116,138)(H,117,126)(H,118,139)(H,119,140)(H,120,144)(H,128,129)/t51-,52-,53-,54-,55+,59-,60-,61-,62-,63-,64-,65-,66-,67-,68-,69-,75-,76-,77-,78-/m0/s1. The van der Waals surface area contributed by atoms with Gasteiger partial charge in [-0.25, -0.2) is 0 Å². The maximum Gasteiger partial charge on any atom is 0.303 e. The smallest absolute Gasteiger partial charge is 0.303 e. The minimum absolute atomic E-state index is 0.0438. The first-order chi connectivity index (χ1) is 68.6. The van der Waals surface area contributed by atoms with Crippen LogP contribution in [0, 0.1) is 23.7 Å². The zero-order chi connectivity index (χ0) is 109. The van der Waals surface area contributed by atoms with Crippen molar-refractivity contribution in [2.24, 2.45) is 69.6 Å². The average molecular weight is 2050 g/mol. The Hall–Kier alpha value is -13.2. The van der Waals surface area contributed by atoms with Gasteiger partial charge in [-0.1, -0.05) is 117 Å². The number of primary amides is 3. The maximum absolute atomic E-state index is 14.8. The van der Waals surface area contributed by atoms with E-state index in [-0.39, 0.29) is 128 Å². The van der Waals surface area contributed by atoms with Gasteiger partial charge >= 0.3 is 5.97 Å². The van der Waals surface area contributed by atoms with Gasteiger partial charge in [0.15, 0.2) is 0 Å². The molecule has 2 aromatic rings. The molecule has 0 bridgehead atoms. The van der Waals surface area contributed by atoms with Crippen molar-refractivity contribution in [2.75, 3.05) is 45.9 Å². The van der Waals surface area contributed by atoms with Crippen LogP contribution >= 0.6 is 0 Å². The fourth-order valence-corrected chi connectivity index (χ4v) is 14.8. The number of carboxylic acid groups (broad SMARTS) is 1. The lowest BCUT2D eigenvalue weighted by Gasteiger charge is -2.30. The number of aromatic hydroxyl groups is 1. The van der Waals surface area contributed by atoms with Crippen LogP contribution in [0.15, 0.2) is 54.6 Å². The molecular weight excluding hydrogens is 1890 g/mol. The lowest BCUT2D eigenvalue weighted by molar-refractivity contribution is -0.139. The molecule has 0 aliphatic carbocycles. The first-order valence-electron chi connectivity index (χ1n) is 49.1. The Balaban J connectivity index is 2.47. The van der Waals surface area contributed by atoms with Crippen molar-refractivity contribution in [3.63, 3.8) is 0 Å². The monoisotopic (exact) mass is 2050 g/mol. The molecule has 145 heavy (non-hydrogen) atoms. The number of unbranched alkanes of at least 4 members (excludes halogenated alkanes) is 4. The molecule has 51 heteroatoms. The van der Waals surface area contributed by atoms with Gasteiger partial charge in [0.05, 0.1) is 32.2 Å². The highest BCUT2D eigenvalue weighted by Crippen LogP contribution is 2.20. The Labute approximate surface area is 844 Å². The molecule has 0 saturated carbocycles. The molecule has 0 aliphatic heterocycles. The number of benzene rings is 2. The van der Waals surface area contributed by atoms with Gasteiger partial charge < -0.3 is 151 Å². The predicted octanol–water partition coefficient (Wildman–Crippen LogP) is -7.90. The average Bonchev–Trinajstić information content (AvgIpc) is 0.845. The van der Waals surface area contributed by atoms with E-state index in [1.54, 1.807) is 85.7 Å². The Morgan fingerprint density at radius 2 is 0.669 bits per heavy atom. The summed E-state index contributed by atoms with van der Waals surface area (Å²) in [6.45, 7) is 13.8. The van der Waals surface area contributed by atoms with Gasteiger partial charge in [0, 0.05) is 25.7 Å². The van der Waals surface area contributed by atoms with E-state index in [1.807, 2.05) is 0 Å². The number of carbonyl (C=O) groups excluding carboxylic acids is 20. The summed E-state index contributed by atoms with van der Waals surface area (Å²) in [5.41, 5.74) is 42.5. The zero-order valence-electron chi connectivity index (χ0n) is 84.5. The second kappa shape index (κ2) is 68.9. The minimum Gasteiger partial charge on any atom is -0.508 e. The molecule has 20 amide bonds. The molecule has 0 aliphatic rings. The van der Waals surface area contributed by atoms with Crippen molar-refractivity contribution in [1.29, 1.82) is 0 Å². The van der Waals surface area contributed by atoms with Crippen LogP contribution in [-0.4, -0.2) is 293 Å². The van der Waals surface area contributed by atoms with Crippen LogP contribution in [-0.2, 0) is 114 Å². The van der Waals surface area contributed by atoms with Gasteiger partial charge in [-0.05, 0) is 183 Å². The second-order valence-electron chi connectivity index (χ2n) is 36.5.